The molecule has 1 aliphatic rings. The molecule has 1 aromatic heterocycles. The fourth-order valence-electron chi connectivity index (χ4n) is 1.81. The van der Waals surface area contributed by atoms with Gasteiger partial charge in [-0.1, -0.05) is 11.5 Å². The molecule has 3 nitrogen and oxygen atoms in total. The molecule has 18 heavy (non-hydrogen) atoms. The van der Waals surface area contributed by atoms with Gasteiger partial charge >= 0.3 is 58.4 Å². The Bertz CT molecular complexity index is 418. The van der Waals surface area contributed by atoms with E-state index in [1.165, 1.54) is 0 Å². The van der Waals surface area contributed by atoms with Crippen molar-refractivity contribution in [2.45, 2.75) is 12.8 Å². The van der Waals surface area contributed by atoms with Crippen LogP contribution in [0.2, 0.25) is 0 Å². The third-order valence-electron chi connectivity index (χ3n) is 2.78. The Morgan fingerprint density at radius 1 is 1.22 bits per heavy atom. The largest absolute Gasteiger partial charge is 1.00 e. The summed E-state index contributed by atoms with van der Waals surface area (Å²) in [6.45, 7) is -3.73. The van der Waals surface area contributed by atoms with Gasteiger partial charge in [-0.05, 0) is 18.9 Å². The van der Waals surface area contributed by atoms with E-state index in [-0.39, 0.29) is 63.0 Å². The predicted molar refractivity (Wildman–Crippen MR) is 58.1 cm³/mol. The molecule has 2 rings (SSSR count). The van der Waals surface area contributed by atoms with Gasteiger partial charge in [-0.15, -0.1) is 0 Å². The number of nitrogens with zero attached hydrogens (tertiary/aromatic N) is 2. The van der Waals surface area contributed by atoms with Crippen LogP contribution < -0.4 is 56.8 Å². The number of aromatic nitrogens is 1. The summed E-state index contributed by atoms with van der Waals surface area (Å²) < 4.78 is 37.0. The molecule has 0 saturated carbocycles. The van der Waals surface area contributed by atoms with Gasteiger partial charge in [0.15, 0.2) is 0 Å². The average molecular weight is 282 g/mol. The summed E-state index contributed by atoms with van der Waals surface area (Å²) in [5.41, 5.74) is -0.696. The van der Waals surface area contributed by atoms with E-state index in [1.807, 2.05) is 0 Å². The number of hydrogen-bond acceptors (Lipinski definition) is 2. The summed E-state index contributed by atoms with van der Waals surface area (Å²) in [4.78, 5) is 17.0. The molecule has 92 valence electrons. The molecule has 0 aromatic carbocycles. The van der Waals surface area contributed by atoms with Gasteiger partial charge in [0.1, 0.15) is 5.69 Å². The standard InChI is InChI=1S/C10H11BF3N2O.K/c12-11(13,14)8-3-4-9(15-7-8)10(17)16-5-1-2-6-16;/h3-4,7H,1-2,5-6H2;/q-1;+1. The molecule has 0 bridgehead atoms. The Morgan fingerprint density at radius 3 is 2.28 bits per heavy atom. The average Bonchev–Trinajstić information content (AvgIpc) is 2.80. The van der Waals surface area contributed by atoms with E-state index in [9.17, 15) is 17.7 Å². The van der Waals surface area contributed by atoms with Gasteiger partial charge in [0.25, 0.3) is 5.91 Å². The van der Waals surface area contributed by atoms with Gasteiger partial charge in [-0.3, -0.25) is 9.78 Å². The maximum atomic E-state index is 12.3. The molecule has 0 aliphatic carbocycles. The van der Waals surface area contributed by atoms with Crippen LogP contribution in [0.3, 0.4) is 0 Å². The number of amides is 1. The van der Waals surface area contributed by atoms with E-state index in [2.05, 4.69) is 4.98 Å². The van der Waals surface area contributed by atoms with Crippen molar-refractivity contribution in [1.82, 2.24) is 9.88 Å². The Hall–Kier alpha value is 0.111. The number of hydrogen-bond donors (Lipinski definition) is 0. The number of halogens is 3. The fourth-order valence-corrected chi connectivity index (χ4v) is 1.81. The molecule has 1 aliphatic heterocycles. The van der Waals surface area contributed by atoms with E-state index in [0.29, 0.717) is 13.1 Å². The second-order valence-electron chi connectivity index (χ2n) is 4.05. The number of carbonyl (C=O) groups is 1. The van der Waals surface area contributed by atoms with Crippen LogP contribution in [0.15, 0.2) is 18.3 Å². The van der Waals surface area contributed by atoms with E-state index in [4.69, 9.17) is 0 Å². The van der Waals surface area contributed by atoms with Crippen LogP contribution in [-0.2, 0) is 0 Å². The van der Waals surface area contributed by atoms with Crippen LogP contribution in [0.25, 0.3) is 0 Å². The summed E-state index contributed by atoms with van der Waals surface area (Å²) in [5.74, 6) is -0.288. The van der Waals surface area contributed by atoms with Gasteiger partial charge in [0, 0.05) is 19.3 Å². The van der Waals surface area contributed by atoms with Crippen molar-refractivity contribution in [3.05, 3.63) is 24.0 Å². The molecule has 1 aromatic rings. The molecule has 0 atom stereocenters. The minimum atomic E-state index is -5.04. The van der Waals surface area contributed by atoms with Gasteiger partial charge in [-0.25, -0.2) is 0 Å². The predicted octanol–water partition coefficient (Wildman–Crippen LogP) is -1.62. The molecule has 0 N–H and O–H groups in total. The molecule has 0 spiro atoms. The van der Waals surface area contributed by atoms with Gasteiger partial charge in [0.05, 0.1) is 0 Å². The number of likely N-dealkylation sites (tertiary alicyclic amines) is 1. The van der Waals surface area contributed by atoms with E-state index in [1.54, 1.807) is 4.90 Å². The van der Waals surface area contributed by atoms with Gasteiger partial charge < -0.3 is 17.8 Å². The number of carbonyl (C=O) groups excluding carboxylic acids is 1. The monoisotopic (exact) mass is 282 g/mol. The molecule has 1 amide bonds. The third kappa shape index (κ3) is 3.80. The summed E-state index contributed by atoms with van der Waals surface area (Å²) in [7, 11) is 0. The molecule has 1 saturated heterocycles. The zero-order chi connectivity index (χ0) is 12.5. The molecule has 2 heterocycles. The van der Waals surface area contributed by atoms with Crippen LogP contribution in [0.4, 0.5) is 12.9 Å². The van der Waals surface area contributed by atoms with Crippen LogP contribution in [0.1, 0.15) is 23.3 Å². The maximum Gasteiger partial charge on any atom is 1.00 e. The van der Waals surface area contributed by atoms with Crippen molar-refractivity contribution in [2.24, 2.45) is 0 Å². The third-order valence-corrected chi connectivity index (χ3v) is 2.78. The fraction of sp³-hybridized carbons (Fsp3) is 0.400. The summed E-state index contributed by atoms with van der Waals surface area (Å²) in [5, 5.41) is 0. The molecule has 0 unspecified atom stereocenters. The quantitative estimate of drug-likeness (QED) is 0.611. The van der Waals surface area contributed by atoms with Crippen molar-refractivity contribution >= 4 is 18.3 Å². The first kappa shape index (κ1) is 16.2. The zero-order valence-corrected chi connectivity index (χ0v) is 13.2. The summed E-state index contributed by atoms with van der Waals surface area (Å²) >= 11 is 0. The van der Waals surface area contributed by atoms with Crippen molar-refractivity contribution in [2.75, 3.05) is 13.1 Å². The van der Waals surface area contributed by atoms with E-state index < -0.39 is 12.4 Å². The molecule has 8 heteroatoms. The first-order valence-electron chi connectivity index (χ1n) is 5.43. The Kier molecular flexibility index (Phi) is 5.85. The second-order valence-corrected chi connectivity index (χ2v) is 4.05. The van der Waals surface area contributed by atoms with E-state index in [0.717, 1.165) is 31.2 Å². The first-order chi connectivity index (χ1) is 7.98. The van der Waals surface area contributed by atoms with Crippen LogP contribution in [-0.4, -0.2) is 35.9 Å². The molecule has 0 radical (unpaired) electrons. The Morgan fingerprint density at radius 2 is 1.83 bits per heavy atom. The van der Waals surface area contributed by atoms with Crippen molar-refractivity contribution in [3.8, 4) is 0 Å². The normalized spacial score (nSPS) is 15.4. The minimum Gasteiger partial charge on any atom is -0.445 e. The first-order valence-corrected chi connectivity index (χ1v) is 5.43. The van der Waals surface area contributed by atoms with Crippen LogP contribution in [0.5, 0.6) is 0 Å². The second kappa shape index (κ2) is 6.51. The molecular weight excluding hydrogens is 271 g/mol. The van der Waals surface area contributed by atoms with Crippen LogP contribution >= 0.6 is 0 Å². The Balaban J connectivity index is 0.00000162. The number of rotatable bonds is 2. The van der Waals surface area contributed by atoms with Crippen molar-refractivity contribution in [3.63, 3.8) is 0 Å². The van der Waals surface area contributed by atoms with Crippen molar-refractivity contribution in [1.29, 1.82) is 0 Å². The van der Waals surface area contributed by atoms with Gasteiger partial charge in [-0.2, -0.15) is 0 Å². The maximum absolute atomic E-state index is 12.3. The topological polar surface area (TPSA) is 33.2 Å². The molecule has 1 fully saturated rings. The smallest absolute Gasteiger partial charge is 0.445 e. The minimum absolute atomic E-state index is 0. The summed E-state index contributed by atoms with van der Waals surface area (Å²) in [6.07, 6.45) is 2.61. The Labute approximate surface area is 146 Å². The molecular formula is C10H11BF3KN2O. The summed E-state index contributed by atoms with van der Waals surface area (Å²) in [6, 6.07) is 2.06. The van der Waals surface area contributed by atoms with Crippen LogP contribution in [0, 0.1) is 0 Å². The van der Waals surface area contributed by atoms with E-state index >= 15 is 0 Å². The van der Waals surface area contributed by atoms with Gasteiger partial charge in [0.2, 0.25) is 0 Å². The zero-order valence-electron chi connectivity index (χ0n) is 10.1. The SMILES string of the molecule is O=C(c1ccc([B-](F)(F)F)cn1)N1CCCC1.[K+]. The number of pyridine rings is 1. The van der Waals surface area contributed by atoms with Crippen molar-refractivity contribution < 1.29 is 69.1 Å².